The van der Waals surface area contributed by atoms with Crippen molar-refractivity contribution in [2.45, 2.75) is 6.43 Å². The fourth-order valence-electron chi connectivity index (χ4n) is 0.972. The smallest absolute Gasteiger partial charge is 0.251 e. The second-order valence-corrected chi connectivity index (χ2v) is 3.22. The van der Waals surface area contributed by atoms with Gasteiger partial charge in [0.15, 0.2) is 0 Å². The highest BCUT2D eigenvalue weighted by Crippen LogP contribution is 1.97. The topological polar surface area (TPSA) is 26.7 Å². The third-order valence-electron chi connectivity index (χ3n) is 1.68. The van der Waals surface area contributed by atoms with Gasteiger partial charge >= 0.3 is 0 Å². The number of hydrogen-bond donors (Lipinski definition) is 1. The van der Waals surface area contributed by atoms with Crippen LogP contribution in [-0.2, 0) is 0 Å². The summed E-state index contributed by atoms with van der Waals surface area (Å²) in [5.41, 5.74) is 0. The molecule has 0 aliphatic rings. The van der Waals surface area contributed by atoms with E-state index in [-0.39, 0.29) is 13.2 Å². The molecule has 3 nitrogen and oxygen atoms in total. The summed E-state index contributed by atoms with van der Waals surface area (Å²) in [4.78, 5) is 3.49. The van der Waals surface area contributed by atoms with Crippen molar-refractivity contribution in [3.8, 4) is 0 Å². The predicted octanol–water partition coefficient (Wildman–Crippen LogP) is 0.107. The molecule has 1 N–H and O–H groups in total. The average molecular weight is 196 g/mol. The lowest BCUT2D eigenvalue weighted by molar-refractivity contribution is 0.0750. The Morgan fingerprint density at radius 3 is 2.15 bits per heavy atom. The van der Waals surface area contributed by atoms with Crippen LogP contribution in [0.25, 0.3) is 0 Å². The summed E-state index contributed by atoms with van der Waals surface area (Å²) in [6, 6.07) is 0. The molecule has 0 radical (unpaired) electrons. The molecular weight excluding hydrogens is 178 g/mol. The third-order valence-corrected chi connectivity index (χ3v) is 1.68. The number of aliphatic hydroxyl groups excluding tert-OH is 1. The largest absolute Gasteiger partial charge is 0.395 e. The molecule has 0 rings (SSSR count). The zero-order chi connectivity index (χ0) is 10.3. The molecule has 0 saturated carbocycles. The van der Waals surface area contributed by atoms with Crippen LogP contribution in [0.3, 0.4) is 0 Å². The minimum atomic E-state index is -2.33. The van der Waals surface area contributed by atoms with E-state index >= 15 is 0 Å². The molecule has 13 heavy (non-hydrogen) atoms. The zero-order valence-corrected chi connectivity index (χ0v) is 8.21. The second kappa shape index (κ2) is 7.17. The van der Waals surface area contributed by atoms with E-state index in [0.717, 1.165) is 6.54 Å². The van der Waals surface area contributed by atoms with E-state index in [4.69, 9.17) is 5.11 Å². The second-order valence-electron chi connectivity index (χ2n) is 3.22. The van der Waals surface area contributed by atoms with Crippen molar-refractivity contribution in [2.75, 3.05) is 46.9 Å². The van der Waals surface area contributed by atoms with Crippen LogP contribution in [0.1, 0.15) is 0 Å². The maximum absolute atomic E-state index is 12.0. The van der Waals surface area contributed by atoms with Gasteiger partial charge in [0.1, 0.15) is 0 Å². The molecule has 0 heterocycles. The van der Waals surface area contributed by atoms with Gasteiger partial charge < -0.3 is 10.0 Å². The van der Waals surface area contributed by atoms with Crippen molar-refractivity contribution in [2.24, 2.45) is 0 Å². The quantitative estimate of drug-likeness (QED) is 0.626. The lowest BCUT2D eigenvalue weighted by atomic mass is 10.4. The SMILES string of the molecule is CN(C)CCN(CCO)CC(F)F. The first kappa shape index (κ1) is 12.7. The van der Waals surface area contributed by atoms with Gasteiger partial charge in [-0.3, -0.25) is 4.90 Å². The van der Waals surface area contributed by atoms with Crippen molar-refractivity contribution < 1.29 is 13.9 Å². The summed E-state index contributed by atoms with van der Waals surface area (Å²) in [6.45, 7) is 1.29. The lowest BCUT2D eigenvalue weighted by Crippen LogP contribution is -2.36. The molecule has 0 aliphatic heterocycles. The first-order valence-electron chi connectivity index (χ1n) is 4.32. The maximum Gasteiger partial charge on any atom is 0.251 e. The number of aliphatic hydroxyl groups is 1. The van der Waals surface area contributed by atoms with Gasteiger partial charge in [-0.25, -0.2) is 8.78 Å². The van der Waals surface area contributed by atoms with E-state index in [1.165, 1.54) is 0 Å². The Morgan fingerprint density at radius 1 is 1.15 bits per heavy atom. The zero-order valence-electron chi connectivity index (χ0n) is 8.21. The number of rotatable bonds is 7. The highest BCUT2D eigenvalue weighted by molar-refractivity contribution is 4.60. The highest BCUT2D eigenvalue weighted by atomic mass is 19.3. The van der Waals surface area contributed by atoms with Gasteiger partial charge in [0.2, 0.25) is 0 Å². The molecule has 0 atom stereocenters. The Bertz CT molecular complexity index is 123. The fraction of sp³-hybridized carbons (Fsp3) is 1.00. The van der Waals surface area contributed by atoms with Crippen LogP contribution in [0.15, 0.2) is 0 Å². The molecule has 0 amide bonds. The lowest BCUT2D eigenvalue weighted by Gasteiger charge is -2.22. The Labute approximate surface area is 77.9 Å². The van der Waals surface area contributed by atoms with Crippen molar-refractivity contribution in [1.82, 2.24) is 9.80 Å². The monoisotopic (exact) mass is 196 g/mol. The maximum atomic E-state index is 12.0. The number of likely N-dealkylation sites (N-methyl/N-ethyl adjacent to an activating group) is 1. The summed E-state index contributed by atoms with van der Waals surface area (Å²) in [7, 11) is 3.78. The Kier molecular flexibility index (Phi) is 7.03. The van der Waals surface area contributed by atoms with E-state index in [1.807, 2.05) is 19.0 Å². The summed E-state index contributed by atoms with van der Waals surface area (Å²) < 4.78 is 24.0. The van der Waals surface area contributed by atoms with Crippen LogP contribution >= 0.6 is 0 Å². The number of alkyl halides is 2. The molecule has 0 fully saturated rings. The van der Waals surface area contributed by atoms with Crippen LogP contribution in [0, 0.1) is 0 Å². The number of hydrogen-bond acceptors (Lipinski definition) is 3. The van der Waals surface area contributed by atoms with Crippen molar-refractivity contribution in [1.29, 1.82) is 0 Å². The van der Waals surface area contributed by atoms with Gasteiger partial charge in [-0.1, -0.05) is 0 Å². The van der Waals surface area contributed by atoms with Gasteiger partial charge in [0.05, 0.1) is 13.2 Å². The molecule has 0 unspecified atom stereocenters. The van der Waals surface area contributed by atoms with Crippen LogP contribution in [-0.4, -0.2) is 68.2 Å². The van der Waals surface area contributed by atoms with E-state index in [0.29, 0.717) is 13.1 Å². The van der Waals surface area contributed by atoms with Gasteiger partial charge in [-0.05, 0) is 14.1 Å². The molecular formula is C8H18F2N2O. The summed E-state index contributed by atoms with van der Waals surface area (Å²) in [5.74, 6) is 0. The van der Waals surface area contributed by atoms with Gasteiger partial charge in [-0.15, -0.1) is 0 Å². The Hall–Kier alpha value is -0.260. The van der Waals surface area contributed by atoms with E-state index in [9.17, 15) is 8.78 Å². The van der Waals surface area contributed by atoms with E-state index in [1.54, 1.807) is 4.90 Å². The van der Waals surface area contributed by atoms with Gasteiger partial charge in [0, 0.05) is 19.6 Å². The first-order valence-corrected chi connectivity index (χ1v) is 4.32. The molecule has 80 valence electrons. The predicted molar refractivity (Wildman–Crippen MR) is 48.1 cm³/mol. The summed E-state index contributed by atoms with van der Waals surface area (Å²) in [6.07, 6.45) is -2.33. The third kappa shape index (κ3) is 8.08. The van der Waals surface area contributed by atoms with E-state index < -0.39 is 6.43 Å². The van der Waals surface area contributed by atoms with Crippen LogP contribution < -0.4 is 0 Å². The van der Waals surface area contributed by atoms with Gasteiger partial charge in [0.25, 0.3) is 6.43 Å². The molecule has 0 spiro atoms. The van der Waals surface area contributed by atoms with Crippen molar-refractivity contribution in [3.05, 3.63) is 0 Å². The molecule has 0 aromatic heterocycles. The molecule has 0 aromatic carbocycles. The minimum Gasteiger partial charge on any atom is -0.395 e. The fourth-order valence-corrected chi connectivity index (χ4v) is 0.972. The van der Waals surface area contributed by atoms with Crippen molar-refractivity contribution in [3.63, 3.8) is 0 Å². The van der Waals surface area contributed by atoms with Gasteiger partial charge in [-0.2, -0.15) is 0 Å². The van der Waals surface area contributed by atoms with Crippen LogP contribution in [0.4, 0.5) is 8.78 Å². The summed E-state index contributed by atoms with van der Waals surface area (Å²) in [5, 5.41) is 8.61. The molecule has 5 heteroatoms. The van der Waals surface area contributed by atoms with E-state index in [2.05, 4.69) is 0 Å². The molecule has 0 aromatic rings. The number of halogens is 2. The standard InChI is InChI=1S/C8H18F2N2O/c1-11(2)3-4-12(5-6-13)7-8(9)10/h8,13H,3-7H2,1-2H3. The van der Waals surface area contributed by atoms with Crippen LogP contribution in [0.2, 0.25) is 0 Å². The molecule has 0 bridgehead atoms. The first-order chi connectivity index (χ1) is 6.06. The average Bonchev–Trinajstić information content (AvgIpc) is 1.99. The number of nitrogens with zero attached hydrogens (tertiary/aromatic N) is 2. The highest BCUT2D eigenvalue weighted by Gasteiger charge is 2.10. The Morgan fingerprint density at radius 2 is 1.77 bits per heavy atom. The molecule has 0 saturated heterocycles. The minimum absolute atomic E-state index is 0.0693. The Balaban J connectivity index is 3.66. The van der Waals surface area contributed by atoms with Crippen molar-refractivity contribution >= 4 is 0 Å². The molecule has 0 aliphatic carbocycles. The normalized spacial score (nSPS) is 12.0. The van der Waals surface area contributed by atoms with Crippen LogP contribution in [0.5, 0.6) is 0 Å². The summed E-state index contributed by atoms with van der Waals surface area (Å²) >= 11 is 0.